The molecule has 0 fully saturated rings. The zero-order chi connectivity index (χ0) is 10.5. The van der Waals surface area contributed by atoms with Gasteiger partial charge < -0.3 is 0 Å². The van der Waals surface area contributed by atoms with Crippen molar-refractivity contribution in [2.75, 3.05) is 0 Å². The summed E-state index contributed by atoms with van der Waals surface area (Å²) in [7, 11) is 0. The number of Topliss-reactive ketones (excluding diaryl/α,β-unsaturated/α-hetero) is 1. The number of nitriles is 1. The Labute approximate surface area is 80.9 Å². The molecule has 0 heterocycles. The summed E-state index contributed by atoms with van der Waals surface area (Å²) in [6.07, 6.45) is 2.79. The first-order valence-corrected chi connectivity index (χ1v) is 4.92. The highest BCUT2D eigenvalue weighted by Crippen LogP contribution is 2.29. The molecule has 0 rings (SSSR count). The molecule has 0 aromatic carbocycles. The first-order chi connectivity index (χ1) is 6.00. The standard InChI is InChI=1S/C11H19NO/c1-5-10(6-2)7-11(4,8-12)9(3)13/h10H,5-7H2,1-4H3. The third-order valence-electron chi connectivity index (χ3n) is 2.88. The first kappa shape index (κ1) is 12.2. The summed E-state index contributed by atoms with van der Waals surface area (Å²) in [4.78, 5) is 11.2. The highest BCUT2D eigenvalue weighted by molar-refractivity contribution is 5.84. The summed E-state index contributed by atoms with van der Waals surface area (Å²) in [5.41, 5.74) is -0.767. The van der Waals surface area contributed by atoms with Crippen LogP contribution in [0.4, 0.5) is 0 Å². The molecular weight excluding hydrogens is 162 g/mol. The molecule has 0 bridgehead atoms. The van der Waals surface area contributed by atoms with Gasteiger partial charge in [0.05, 0.1) is 6.07 Å². The highest BCUT2D eigenvalue weighted by atomic mass is 16.1. The van der Waals surface area contributed by atoms with Crippen molar-refractivity contribution in [3.05, 3.63) is 0 Å². The predicted molar refractivity (Wildman–Crippen MR) is 53.1 cm³/mol. The number of rotatable bonds is 5. The molecule has 0 aromatic rings. The zero-order valence-electron chi connectivity index (χ0n) is 9.05. The van der Waals surface area contributed by atoms with E-state index in [1.54, 1.807) is 6.92 Å². The maximum Gasteiger partial charge on any atom is 0.149 e. The summed E-state index contributed by atoms with van der Waals surface area (Å²) in [6, 6.07) is 2.13. The Bertz CT molecular complexity index is 213. The first-order valence-electron chi connectivity index (χ1n) is 4.92. The Morgan fingerprint density at radius 1 is 1.46 bits per heavy atom. The minimum Gasteiger partial charge on any atom is -0.298 e. The molecule has 74 valence electrons. The number of ketones is 1. The second kappa shape index (κ2) is 5.01. The molecule has 2 heteroatoms. The lowest BCUT2D eigenvalue weighted by atomic mass is 9.77. The van der Waals surface area contributed by atoms with Crippen LogP contribution in [0.2, 0.25) is 0 Å². The van der Waals surface area contributed by atoms with Gasteiger partial charge in [0, 0.05) is 0 Å². The SMILES string of the molecule is CCC(CC)CC(C)(C#N)C(C)=O. The van der Waals surface area contributed by atoms with Crippen molar-refractivity contribution >= 4 is 5.78 Å². The van der Waals surface area contributed by atoms with Gasteiger partial charge in [0.1, 0.15) is 11.2 Å². The number of hydrogen-bond acceptors (Lipinski definition) is 2. The van der Waals surface area contributed by atoms with E-state index in [1.807, 2.05) is 0 Å². The smallest absolute Gasteiger partial charge is 0.149 e. The van der Waals surface area contributed by atoms with Crippen LogP contribution < -0.4 is 0 Å². The molecule has 0 spiro atoms. The fourth-order valence-electron chi connectivity index (χ4n) is 1.42. The Morgan fingerprint density at radius 2 is 1.92 bits per heavy atom. The fraction of sp³-hybridized carbons (Fsp3) is 0.818. The normalized spacial score (nSPS) is 15.1. The van der Waals surface area contributed by atoms with Crippen LogP contribution in [0.15, 0.2) is 0 Å². The molecule has 0 aliphatic heterocycles. The molecule has 2 nitrogen and oxygen atoms in total. The van der Waals surface area contributed by atoms with Gasteiger partial charge >= 0.3 is 0 Å². The molecule has 0 saturated carbocycles. The van der Waals surface area contributed by atoms with Gasteiger partial charge in [-0.15, -0.1) is 0 Å². The zero-order valence-corrected chi connectivity index (χ0v) is 9.05. The molecule has 13 heavy (non-hydrogen) atoms. The van der Waals surface area contributed by atoms with Crippen LogP contribution in [0, 0.1) is 22.7 Å². The summed E-state index contributed by atoms with van der Waals surface area (Å²) < 4.78 is 0. The van der Waals surface area contributed by atoms with E-state index < -0.39 is 5.41 Å². The second-order valence-electron chi connectivity index (χ2n) is 3.89. The van der Waals surface area contributed by atoms with Gasteiger partial charge in [-0.05, 0) is 26.2 Å². The van der Waals surface area contributed by atoms with Crippen LogP contribution >= 0.6 is 0 Å². The lowest BCUT2D eigenvalue weighted by Gasteiger charge is -2.23. The molecule has 0 N–H and O–H groups in total. The molecule has 0 amide bonds. The molecule has 0 saturated heterocycles. The predicted octanol–water partition coefficient (Wildman–Crippen LogP) is 2.93. The van der Waals surface area contributed by atoms with E-state index in [2.05, 4.69) is 19.9 Å². The van der Waals surface area contributed by atoms with E-state index in [4.69, 9.17) is 5.26 Å². The van der Waals surface area contributed by atoms with E-state index in [0.29, 0.717) is 12.3 Å². The third-order valence-corrected chi connectivity index (χ3v) is 2.88. The molecule has 0 aliphatic carbocycles. The number of carbonyl (C=O) groups excluding carboxylic acids is 1. The van der Waals surface area contributed by atoms with E-state index >= 15 is 0 Å². The average molecular weight is 181 g/mol. The summed E-state index contributed by atoms with van der Waals surface area (Å²) in [6.45, 7) is 7.46. The van der Waals surface area contributed by atoms with Crippen LogP contribution in [0.5, 0.6) is 0 Å². The van der Waals surface area contributed by atoms with Crippen molar-refractivity contribution in [1.29, 1.82) is 5.26 Å². The lowest BCUT2D eigenvalue weighted by Crippen LogP contribution is -2.26. The fourth-order valence-corrected chi connectivity index (χ4v) is 1.42. The Kier molecular flexibility index (Phi) is 4.69. The van der Waals surface area contributed by atoms with Gasteiger partial charge in [0.2, 0.25) is 0 Å². The average Bonchev–Trinajstić information content (AvgIpc) is 2.13. The quantitative estimate of drug-likeness (QED) is 0.654. The van der Waals surface area contributed by atoms with Gasteiger partial charge in [-0.3, -0.25) is 4.79 Å². The van der Waals surface area contributed by atoms with Crippen molar-refractivity contribution < 1.29 is 4.79 Å². The molecular formula is C11H19NO. The maximum atomic E-state index is 11.2. The van der Waals surface area contributed by atoms with Crippen LogP contribution in [-0.2, 0) is 4.79 Å². The van der Waals surface area contributed by atoms with E-state index in [9.17, 15) is 4.79 Å². The second-order valence-corrected chi connectivity index (χ2v) is 3.89. The molecule has 0 aliphatic rings. The third kappa shape index (κ3) is 3.18. The molecule has 1 atom stereocenters. The number of hydrogen-bond donors (Lipinski definition) is 0. The topological polar surface area (TPSA) is 40.9 Å². The maximum absolute atomic E-state index is 11.2. The van der Waals surface area contributed by atoms with Crippen LogP contribution in [-0.4, -0.2) is 5.78 Å². The Morgan fingerprint density at radius 3 is 2.15 bits per heavy atom. The van der Waals surface area contributed by atoms with Crippen LogP contribution in [0.3, 0.4) is 0 Å². The van der Waals surface area contributed by atoms with E-state index in [1.165, 1.54) is 6.92 Å². The summed E-state index contributed by atoms with van der Waals surface area (Å²) in [5, 5.41) is 8.92. The summed E-state index contributed by atoms with van der Waals surface area (Å²) in [5.74, 6) is 0.482. The van der Waals surface area contributed by atoms with Crippen molar-refractivity contribution in [3.8, 4) is 6.07 Å². The van der Waals surface area contributed by atoms with Crippen LogP contribution in [0.25, 0.3) is 0 Å². The van der Waals surface area contributed by atoms with Gasteiger partial charge in [-0.25, -0.2) is 0 Å². The largest absolute Gasteiger partial charge is 0.298 e. The van der Waals surface area contributed by atoms with Crippen molar-refractivity contribution in [3.63, 3.8) is 0 Å². The monoisotopic (exact) mass is 181 g/mol. The van der Waals surface area contributed by atoms with Crippen molar-refractivity contribution in [1.82, 2.24) is 0 Å². The van der Waals surface area contributed by atoms with Crippen molar-refractivity contribution in [2.24, 2.45) is 11.3 Å². The van der Waals surface area contributed by atoms with Gasteiger partial charge in [0.25, 0.3) is 0 Å². The lowest BCUT2D eigenvalue weighted by molar-refractivity contribution is -0.123. The van der Waals surface area contributed by atoms with Crippen molar-refractivity contribution in [2.45, 2.75) is 47.0 Å². The molecule has 0 aromatic heterocycles. The van der Waals surface area contributed by atoms with Gasteiger partial charge in [0.15, 0.2) is 0 Å². The summed E-state index contributed by atoms with van der Waals surface area (Å²) >= 11 is 0. The van der Waals surface area contributed by atoms with Gasteiger partial charge in [-0.1, -0.05) is 26.7 Å². The minimum absolute atomic E-state index is 0.0121. The Balaban J connectivity index is 4.45. The molecule has 0 radical (unpaired) electrons. The number of nitrogens with zero attached hydrogens (tertiary/aromatic N) is 1. The van der Waals surface area contributed by atoms with E-state index in [-0.39, 0.29) is 5.78 Å². The number of carbonyl (C=O) groups is 1. The van der Waals surface area contributed by atoms with E-state index in [0.717, 1.165) is 12.8 Å². The van der Waals surface area contributed by atoms with Crippen LogP contribution in [0.1, 0.15) is 47.0 Å². The highest BCUT2D eigenvalue weighted by Gasteiger charge is 2.31. The van der Waals surface area contributed by atoms with Gasteiger partial charge in [-0.2, -0.15) is 5.26 Å². The molecule has 1 unspecified atom stereocenters. The Hall–Kier alpha value is -0.840. The minimum atomic E-state index is -0.767.